The minimum Gasteiger partial charge on any atom is -0.460 e. The summed E-state index contributed by atoms with van der Waals surface area (Å²) in [5, 5.41) is 15.1. The topological polar surface area (TPSA) is 75.6 Å². The first kappa shape index (κ1) is 18.4. The van der Waals surface area contributed by atoms with Gasteiger partial charge in [0.25, 0.3) is 0 Å². The van der Waals surface area contributed by atoms with Crippen LogP contribution >= 0.6 is 11.3 Å². The second-order valence-electron chi connectivity index (χ2n) is 6.24. The summed E-state index contributed by atoms with van der Waals surface area (Å²) in [7, 11) is 0. The van der Waals surface area contributed by atoms with Crippen LogP contribution in [0, 0.1) is 0 Å². The van der Waals surface area contributed by atoms with Gasteiger partial charge in [0.1, 0.15) is 6.61 Å². The van der Waals surface area contributed by atoms with Crippen molar-refractivity contribution in [3.05, 3.63) is 57.7 Å². The number of aliphatic hydroxyl groups excluding tert-OH is 1. The summed E-state index contributed by atoms with van der Waals surface area (Å²) in [5.41, 5.74) is 3.31. The molecule has 6 heteroatoms. The first-order valence-corrected chi connectivity index (χ1v) is 9.27. The number of carbonyl (C=O) groups is 2. The summed E-state index contributed by atoms with van der Waals surface area (Å²) in [6.07, 6.45) is 0. The van der Waals surface area contributed by atoms with E-state index in [0.717, 1.165) is 21.3 Å². The lowest BCUT2D eigenvalue weighted by Gasteiger charge is -2.30. The number of carbonyl (C=O) groups excluding carboxylic acids is 2. The van der Waals surface area contributed by atoms with Gasteiger partial charge >= 0.3 is 5.97 Å². The van der Waals surface area contributed by atoms with Crippen LogP contribution in [0.4, 0.5) is 0 Å². The molecule has 0 spiro atoms. The van der Waals surface area contributed by atoms with Crippen LogP contribution in [0.25, 0.3) is 10.1 Å². The van der Waals surface area contributed by atoms with Crippen molar-refractivity contribution in [2.24, 2.45) is 0 Å². The van der Waals surface area contributed by atoms with Crippen molar-refractivity contribution >= 4 is 33.2 Å². The summed E-state index contributed by atoms with van der Waals surface area (Å²) in [5.74, 6) is -1.10. The zero-order chi connectivity index (χ0) is 18.8. The molecule has 2 aromatic rings. The molecular formula is C20H21NO4S. The smallest absolute Gasteiger partial charge is 0.336 e. The highest BCUT2D eigenvalue weighted by Crippen LogP contribution is 2.43. The number of Topliss-reactive ketones (excluding diaryl/α,β-unsaturated/α-hetero) is 1. The minimum atomic E-state index is -0.518. The monoisotopic (exact) mass is 371 g/mol. The molecule has 5 nitrogen and oxygen atoms in total. The van der Waals surface area contributed by atoms with Crippen LogP contribution in [0.3, 0.4) is 0 Å². The molecule has 1 unspecified atom stereocenters. The molecule has 0 radical (unpaired) electrons. The van der Waals surface area contributed by atoms with E-state index >= 15 is 0 Å². The van der Waals surface area contributed by atoms with Crippen LogP contribution in [0.2, 0.25) is 0 Å². The minimum absolute atomic E-state index is 0.0786. The molecule has 2 N–H and O–H groups in total. The normalized spacial score (nSPS) is 17.5. The van der Waals surface area contributed by atoms with Crippen LogP contribution in [0.5, 0.6) is 0 Å². The van der Waals surface area contributed by atoms with Gasteiger partial charge in [-0.2, -0.15) is 0 Å². The Morgan fingerprint density at radius 1 is 1.19 bits per heavy atom. The molecule has 1 aliphatic heterocycles. The fraction of sp³-hybridized carbons (Fsp3) is 0.300. The van der Waals surface area contributed by atoms with E-state index in [1.807, 2.05) is 36.6 Å². The lowest BCUT2D eigenvalue weighted by Crippen LogP contribution is -2.31. The number of thiophene rings is 1. The largest absolute Gasteiger partial charge is 0.460 e. The Hall–Kier alpha value is -2.44. The molecule has 136 valence electrons. The van der Waals surface area contributed by atoms with Crippen molar-refractivity contribution in [2.75, 3.05) is 13.2 Å². The lowest BCUT2D eigenvalue weighted by molar-refractivity contribution is -0.140. The Morgan fingerprint density at radius 3 is 2.58 bits per heavy atom. The summed E-state index contributed by atoms with van der Waals surface area (Å²) in [6, 6.07) is 7.94. The molecule has 2 heterocycles. The highest BCUT2D eigenvalue weighted by molar-refractivity contribution is 7.17. The van der Waals surface area contributed by atoms with Gasteiger partial charge in [0, 0.05) is 27.6 Å². The zero-order valence-electron chi connectivity index (χ0n) is 15.0. The molecule has 0 amide bonds. The average Bonchev–Trinajstić information content (AvgIpc) is 3.02. The van der Waals surface area contributed by atoms with Crippen molar-refractivity contribution in [1.29, 1.82) is 0 Å². The molecule has 0 saturated heterocycles. The maximum atomic E-state index is 12.7. The zero-order valence-corrected chi connectivity index (χ0v) is 15.8. The van der Waals surface area contributed by atoms with E-state index in [9.17, 15) is 9.59 Å². The number of nitrogens with one attached hydrogen (secondary N) is 1. The van der Waals surface area contributed by atoms with Crippen LogP contribution in [0.1, 0.15) is 32.3 Å². The van der Waals surface area contributed by atoms with Gasteiger partial charge in [-0.25, -0.2) is 4.79 Å². The highest BCUT2D eigenvalue weighted by atomic mass is 32.1. The van der Waals surface area contributed by atoms with E-state index in [2.05, 4.69) is 5.32 Å². The van der Waals surface area contributed by atoms with Crippen LogP contribution in [-0.2, 0) is 14.3 Å². The first-order chi connectivity index (χ1) is 12.5. The van der Waals surface area contributed by atoms with E-state index in [1.54, 1.807) is 18.3 Å². The fourth-order valence-electron chi connectivity index (χ4n) is 3.48. The molecule has 1 atom stereocenters. The number of aliphatic hydroxyl groups is 1. The summed E-state index contributed by atoms with van der Waals surface area (Å²) in [6.45, 7) is 4.84. The second kappa shape index (κ2) is 7.43. The number of fused-ring (bicyclic) bond motifs is 1. The molecule has 1 aliphatic rings. The maximum Gasteiger partial charge on any atom is 0.336 e. The van der Waals surface area contributed by atoms with Crippen LogP contribution in [0.15, 0.2) is 52.2 Å². The van der Waals surface area contributed by atoms with Gasteiger partial charge < -0.3 is 15.2 Å². The molecule has 0 fully saturated rings. The summed E-state index contributed by atoms with van der Waals surface area (Å²) in [4.78, 5) is 25.2. The summed E-state index contributed by atoms with van der Waals surface area (Å²) >= 11 is 1.59. The Labute approximate surface area is 156 Å². The summed E-state index contributed by atoms with van der Waals surface area (Å²) < 4.78 is 6.29. The number of dihydropyridines is 1. The molecule has 3 rings (SSSR count). The predicted molar refractivity (Wildman–Crippen MR) is 102 cm³/mol. The quantitative estimate of drug-likeness (QED) is 0.789. The van der Waals surface area contributed by atoms with Crippen molar-refractivity contribution in [3.63, 3.8) is 0 Å². The van der Waals surface area contributed by atoms with E-state index in [-0.39, 0.29) is 19.0 Å². The molecule has 26 heavy (non-hydrogen) atoms. The maximum absolute atomic E-state index is 12.7. The number of benzene rings is 1. The molecule has 0 aliphatic carbocycles. The number of hydrogen-bond acceptors (Lipinski definition) is 6. The molecule has 0 bridgehead atoms. The number of ether oxygens (including phenoxy) is 1. The van der Waals surface area contributed by atoms with Gasteiger partial charge in [0.05, 0.1) is 12.2 Å². The Morgan fingerprint density at radius 2 is 1.88 bits per heavy atom. The Kier molecular flexibility index (Phi) is 5.25. The number of ketones is 1. The van der Waals surface area contributed by atoms with Crippen molar-refractivity contribution in [1.82, 2.24) is 5.32 Å². The van der Waals surface area contributed by atoms with E-state index in [0.29, 0.717) is 16.8 Å². The van der Waals surface area contributed by atoms with Crippen LogP contribution < -0.4 is 5.32 Å². The lowest BCUT2D eigenvalue weighted by atomic mass is 9.79. The Bertz CT molecular complexity index is 938. The second-order valence-corrected chi connectivity index (χ2v) is 7.15. The van der Waals surface area contributed by atoms with E-state index < -0.39 is 11.9 Å². The van der Waals surface area contributed by atoms with Crippen LogP contribution in [-0.4, -0.2) is 30.1 Å². The average molecular weight is 371 g/mol. The fourth-order valence-corrected chi connectivity index (χ4v) is 4.47. The van der Waals surface area contributed by atoms with Gasteiger partial charge in [-0.05, 0) is 43.2 Å². The SMILES string of the molecule is CC(=O)C1=C(C)NC(C)=C(C(=O)OCCO)C1c1csc2ccccc12. The predicted octanol–water partition coefficient (Wildman–Crippen LogP) is 3.26. The van der Waals surface area contributed by atoms with Gasteiger partial charge in [0.15, 0.2) is 5.78 Å². The Balaban J connectivity index is 2.20. The van der Waals surface area contributed by atoms with Crippen molar-refractivity contribution in [3.8, 4) is 0 Å². The number of rotatable bonds is 5. The molecule has 1 aromatic heterocycles. The van der Waals surface area contributed by atoms with E-state index in [4.69, 9.17) is 9.84 Å². The number of hydrogen-bond donors (Lipinski definition) is 2. The number of esters is 1. The third kappa shape index (κ3) is 3.18. The van der Waals surface area contributed by atoms with E-state index in [1.165, 1.54) is 6.92 Å². The van der Waals surface area contributed by atoms with Gasteiger partial charge in [0.2, 0.25) is 0 Å². The highest BCUT2D eigenvalue weighted by Gasteiger charge is 2.37. The van der Waals surface area contributed by atoms with Gasteiger partial charge in [-0.15, -0.1) is 11.3 Å². The van der Waals surface area contributed by atoms with Crippen molar-refractivity contribution in [2.45, 2.75) is 26.7 Å². The third-order valence-corrected chi connectivity index (χ3v) is 5.49. The molecule has 1 aromatic carbocycles. The molecular weight excluding hydrogens is 350 g/mol. The number of allylic oxidation sites excluding steroid dienone is 3. The first-order valence-electron chi connectivity index (χ1n) is 8.39. The third-order valence-electron chi connectivity index (χ3n) is 4.51. The van der Waals surface area contributed by atoms with Gasteiger partial charge in [-0.1, -0.05) is 18.2 Å². The molecule has 0 saturated carbocycles. The standard InChI is InChI=1S/C20H21NO4S/c1-11-17(13(3)23)19(15-10-26-16-7-5-4-6-14(15)16)18(12(2)21-11)20(24)25-9-8-22/h4-7,10,19,21-22H,8-9H2,1-3H3. The van der Waals surface area contributed by atoms with Crippen molar-refractivity contribution < 1.29 is 19.4 Å². The van der Waals surface area contributed by atoms with Gasteiger partial charge in [-0.3, -0.25) is 4.79 Å².